The Balaban J connectivity index is 2.10. The number of carboxylic acid groups (broad SMARTS) is 1. The monoisotopic (exact) mass is 280 g/mol. The second-order valence-electron chi connectivity index (χ2n) is 3.89. The van der Waals surface area contributed by atoms with E-state index in [1.54, 1.807) is 12.4 Å². The number of aromatic carboxylic acids is 1. The minimum Gasteiger partial charge on any atom is -0.478 e. The van der Waals surface area contributed by atoms with Crippen LogP contribution in [0.4, 0.5) is 5.69 Å². The number of aryl methyl sites for hydroxylation is 1. The minimum atomic E-state index is -1.00. The molecule has 6 nitrogen and oxygen atoms in total. The first-order valence-corrected chi connectivity index (χ1v) is 6.13. The predicted molar refractivity (Wildman–Crippen MR) is 71.4 cm³/mol. The fourth-order valence-electron chi connectivity index (χ4n) is 1.65. The summed E-state index contributed by atoms with van der Waals surface area (Å²) in [7, 11) is 0. The van der Waals surface area contributed by atoms with Gasteiger partial charge in [-0.2, -0.15) is 0 Å². The molecule has 0 unspecified atom stereocenters. The fourth-order valence-corrected chi connectivity index (χ4v) is 1.89. The number of rotatable bonds is 5. The molecule has 0 fully saturated rings. The highest BCUT2D eigenvalue weighted by Gasteiger charge is 2.08. The highest BCUT2D eigenvalue weighted by atomic mass is 35.5. The Kier molecular flexibility index (Phi) is 4.01. The van der Waals surface area contributed by atoms with Gasteiger partial charge >= 0.3 is 5.97 Å². The highest BCUT2D eigenvalue weighted by Crippen LogP contribution is 2.23. The molecule has 0 saturated heterocycles. The van der Waals surface area contributed by atoms with Crippen molar-refractivity contribution < 1.29 is 9.90 Å². The number of aromatic nitrogens is 3. The van der Waals surface area contributed by atoms with Gasteiger partial charge in [0.1, 0.15) is 6.33 Å². The van der Waals surface area contributed by atoms with E-state index in [2.05, 4.69) is 15.5 Å². The van der Waals surface area contributed by atoms with Crippen molar-refractivity contribution in [2.24, 2.45) is 0 Å². The lowest BCUT2D eigenvalue weighted by Crippen LogP contribution is -2.08. The summed E-state index contributed by atoms with van der Waals surface area (Å²) in [4.78, 5) is 10.8. The van der Waals surface area contributed by atoms with Gasteiger partial charge in [0.15, 0.2) is 5.82 Å². The van der Waals surface area contributed by atoms with Crippen molar-refractivity contribution in [3.63, 3.8) is 0 Å². The van der Waals surface area contributed by atoms with Gasteiger partial charge in [-0.05, 0) is 25.1 Å². The molecule has 2 rings (SSSR count). The lowest BCUT2D eigenvalue weighted by atomic mass is 10.2. The molecule has 0 saturated carbocycles. The number of hydrogen-bond acceptors (Lipinski definition) is 4. The van der Waals surface area contributed by atoms with Crippen molar-refractivity contribution in [1.29, 1.82) is 0 Å². The van der Waals surface area contributed by atoms with Crippen LogP contribution in [0, 0.1) is 0 Å². The molecule has 0 aliphatic rings. The van der Waals surface area contributed by atoms with Crippen molar-refractivity contribution in [3.8, 4) is 0 Å². The van der Waals surface area contributed by atoms with Crippen molar-refractivity contribution in [2.45, 2.75) is 20.0 Å². The van der Waals surface area contributed by atoms with Gasteiger partial charge in [-0.25, -0.2) is 4.79 Å². The zero-order chi connectivity index (χ0) is 13.8. The number of benzene rings is 1. The van der Waals surface area contributed by atoms with E-state index >= 15 is 0 Å². The first kappa shape index (κ1) is 13.4. The molecule has 0 aliphatic carbocycles. The van der Waals surface area contributed by atoms with Gasteiger partial charge in [-0.3, -0.25) is 0 Å². The van der Waals surface area contributed by atoms with Gasteiger partial charge in [0.2, 0.25) is 0 Å². The van der Waals surface area contributed by atoms with E-state index in [0.717, 1.165) is 12.4 Å². The van der Waals surface area contributed by atoms with E-state index in [0.29, 0.717) is 17.3 Å². The van der Waals surface area contributed by atoms with Crippen LogP contribution in [0.25, 0.3) is 0 Å². The molecule has 2 N–H and O–H groups in total. The average Bonchev–Trinajstić information content (AvgIpc) is 2.84. The van der Waals surface area contributed by atoms with Gasteiger partial charge in [-0.1, -0.05) is 11.6 Å². The number of nitrogens with one attached hydrogen (secondary N) is 1. The standard InChI is InChI=1S/C12H13ClN4O2/c1-2-17-7-15-16-11(17)6-14-10-4-3-8(12(18)19)5-9(10)13/h3-5,7,14H,2,6H2,1H3,(H,18,19). The van der Waals surface area contributed by atoms with E-state index in [9.17, 15) is 4.79 Å². The summed E-state index contributed by atoms with van der Waals surface area (Å²) in [5.74, 6) is -0.208. The third kappa shape index (κ3) is 3.03. The molecular weight excluding hydrogens is 268 g/mol. The Bertz CT molecular complexity index is 597. The van der Waals surface area contributed by atoms with Gasteiger partial charge in [0.05, 0.1) is 22.8 Å². The summed E-state index contributed by atoms with van der Waals surface area (Å²) in [5, 5.41) is 20.1. The zero-order valence-electron chi connectivity index (χ0n) is 10.3. The first-order chi connectivity index (χ1) is 9.11. The Hall–Kier alpha value is -2.08. The van der Waals surface area contributed by atoms with Crippen molar-refractivity contribution >= 4 is 23.3 Å². The van der Waals surface area contributed by atoms with Crippen LogP contribution in [-0.2, 0) is 13.1 Å². The Morgan fingerprint density at radius 3 is 2.95 bits per heavy atom. The van der Waals surface area contributed by atoms with Crippen molar-refractivity contribution in [3.05, 3.63) is 40.9 Å². The number of anilines is 1. The van der Waals surface area contributed by atoms with Gasteiger partial charge < -0.3 is 15.0 Å². The molecule has 1 aromatic heterocycles. The second-order valence-corrected chi connectivity index (χ2v) is 4.29. The summed E-state index contributed by atoms with van der Waals surface area (Å²) in [6.45, 7) is 3.26. The Morgan fingerprint density at radius 2 is 2.32 bits per heavy atom. The molecule has 0 atom stereocenters. The topological polar surface area (TPSA) is 80.0 Å². The van der Waals surface area contributed by atoms with E-state index in [1.165, 1.54) is 12.1 Å². The van der Waals surface area contributed by atoms with Crippen molar-refractivity contribution in [1.82, 2.24) is 14.8 Å². The van der Waals surface area contributed by atoms with Crippen LogP contribution in [-0.4, -0.2) is 25.8 Å². The van der Waals surface area contributed by atoms with E-state index in [-0.39, 0.29) is 5.56 Å². The maximum Gasteiger partial charge on any atom is 0.335 e. The molecule has 0 amide bonds. The Labute approximate surface area is 115 Å². The second kappa shape index (κ2) is 5.71. The summed E-state index contributed by atoms with van der Waals surface area (Å²) in [5.41, 5.74) is 0.824. The van der Waals surface area contributed by atoms with Crippen molar-refractivity contribution in [2.75, 3.05) is 5.32 Å². The number of nitrogens with zero attached hydrogens (tertiary/aromatic N) is 3. The van der Waals surface area contributed by atoms with Gasteiger partial charge in [-0.15, -0.1) is 10.2 Å². The summed E-state index contributed by atoms with van der Waals surface area (Å²) in [6, 6.07) is 4.55. The maximum atomic E-state index is 10.8. The molecular formula is C12H13ClN4O2. The zero-order valence-corrected chi connectivity index (χ0v) is 11.1. The van der Waals surface area contributed by atoms with Crippen LogP contribution in [0.1, 0.15) is 23.1 Å². The first-order valence-electron chi connectivity index (χ1n) is 5.75. The largest absolute Gasteiger partial charge is 0.478 e. The van der Waals surface area contributed by atoms with Crippen LogP contribution in [0.3, 0.4) is 0 Å². The van der Waals surface area contributed by atoms with Crippen LogP contribution in [0.2, 0.25) is 5.02 Å². The third-order valence-corrected chi connectivity index (χ3v) is 3.00. The molecule has 0 spiro atoms. The van der Waals surface area contributed by atoms with Gasteiger partial charge in [0.25, 0.3) is 0 Å². The molecule has 0 radical (unpaired) electrons. The molecule has 1 heterocycles. The average molecular weight is 281 g/mol. The molecule has 7 heteroatoms. The number of halogens is 1. The van der Waals surface area contributed by atoms with E-state index < -0.39 is 5.97 Å². The smallest absolute Gasteiger partial charge is 0.335 e. The fraction of sp³-hybridized carbons (Fsp3) is 0.250. The summed E-state index contributed by atoms with van der Waals surface area (Å²) >= 11 is 6.02. The maximum absolute atomic E-state index is 10.8. The highest BCUT2D eigenvalue weighted by molar-refractivity contribution is 6.33. The Morgan fingerprint density at radius 1 is 1.53 bits per heavy atom. The molecule has 19 heavy (non-hydrogen) atoms. The van der Waals surface area contributed by atoms with Crippen LogP contribution >= 0.6 is 11.6 Å². The van der Waals surface area contributed by atoms with E-state index in [4.69, 9.17) is 16.7 Å². The SMILES string of the molecule is CCn1cnnc1CNc1ccc(C(=O)O)cc1Cl. The molecule has 1 aromatic carbocycles. The number of hydrogen-bond donors (Lipinski definition) is 2. The van der Waals surface area contributed by atoms with Gasteiger partial charge in [0, 0.05) is 6.54 Å². The van der Waals surface area contributed by atoms with Crippen LogP contribution in [0.5, 0.6) is 0 Å². The lowest BCUT2D eigenvalue weighted by molar-refractivity contribution is 0.0697. The minimum absolute atomic E-state index is 0.160. The predicted octanol–water partition coefficient (Wildman–Crippen LogP) is 2.26. The quantitative estimate of drug-likeness (QED) is 0.878. The van der Waals surface area contributed by atoms with E-state index in [1.807, 2.05) is 11.5 Å². The number of carbonyl (C=O) groups is 1. The molecule has 2 aromatic rings. The van der Waals surface area contributed by atoms with Crippen LogP contribution in [0.15, 0.2) is 24.5 Å². The molecule has 0 bridgehead atoms. The molecule has 0 aliphatic heterocycles. The lowest BCUT2D eigenvalue weighted by Gasteiger charge is -2.09. The third-order valence-electron chi connectivity index (χ3n) is 2.69. The normalized spacial score (nSPS) is 10.4. The van der Waals surface area contributed by atoms with Crippen LogP contribution < -0.4 is 5.32 Å². The summed E-state index contributed by atoms with van der Waals surface area (Å²) < 4.78 is 1.91. The summed E-state index contributed by atoms with van der Waals surface area (Å²) in [6.07, 6.45) is 1.66. The molecule has 100 valence electrons. The number of carboxylic acids is 1.